The van der Waals surface area contributed by atoms with Crippen LogP contribution in [0.1, 0.15) is 23.2 Å². The van der Waals surface area contributed by atoms with Gasteiger partial charge in [0.05, 0.1) is 12.3 Å². The van der Waals surface area contributed by atoms with E-state index in [1.807, 2.05) is 24.3 Å². The number of aryl methyl sites for hydroxylation is 1. The van der Waals surface area contributed by atoms with E-state index in [1.54, 1.807) is 6.33 Å². The predicted molar refractivity (Wildman–Crippen MR) is 74.1 cm³/mol. The highest BCUT2D eigenvalue weighted by Gasteiger charge is 2.17. The van der Waals surface area contributed by atoms with Crippen molar-refractivity contribution in [3.05, 3.63) is 47.4 Å². The molecule has 19 heavy (non-hydrogen) atoms. The summed E-state index contributed by atoms with van der Waals surface area (Å²) in [6.45, 7) is 0.595. The first-order chi connectivity index (χ1) is 9.34. The standard InChI is InChI=1S/C15H17N3O/c16-13-6-2-1-4-11(13)8-9-19-15-12-5-3-7-14(12)17-10-18-15/h1-2,4,6,10H,3,5,7-9,16H2. The van der Waals surface area contributed by atoms with Gasteiger partial charge in [-0.15, -0.1) is 0 Å². The second kappa shape index (κ2) is 5.26. The average Bonchev–Trinajstić information content (AvgIpc) is 2.90. The summed E-state index contributed by atoms with van der Waals surface area (Å²) in [7, 11) is 0. The van der Waals surface area contributed by atoms with Gasteiger partial charge < -0.3 is 10.5 Å². The zero-order valence-corrected chi connectivity index (χ0v) is 10.8. The molecule has 4 nitrogen and oxygen atoms in total. The van der Waals surface area contributed by atoms with Gasteiger partial charge in [-0.3, -0.25) is 0 Å². The van der Waals surface area contributed by atoms with Gasteiger partial charge in [-0.1, -0.05) is 18.2 Å². The molecule has 1 aliphatic rings. The third-order valence-electron chi connectivity index (χ3n) is 3.50. The molecule has 0 unspecified atom stereocenters. The highest BCUT2D eigenvalue weighted by Crippen LogP contribution is 2.26. The molecule has 1 aromatic heterocycles. The maximum Gasteiger partial charge on any atom is 0.219 e. The Balaban J connectivity index is 1.65. The molecule has 98 valence electrons. The summed E-state index contributed by atoms with van der Waals surface area (Å²) in [5.41, 5.74) is 10.2. The van der Waals surface area contributed by atoms with Crippen molar-refractivity contribution in [1.82, 2.24) is 9.97 Å². The summed E-state index contributed by atoms with van der Waals surface area (Å²) in [5, 5.41) is 0. The Hall–Kier alpha value is -2.10. The number of hydrogen-bond donors (Lipinski definition) is 1. The highest BCUT2D eigenvalue weighted by molar-refractivity contribution is 5.46. The quantitative estimate of drug-likeness (QED) is 0.850. The van der Waals surface area contributed by atoms with Crippen molar-refractivity contribution in [3.8, 4) is 5.88 Å². The van der Waals surface area contributed by atoms with Gasteiger partial charge in [-0.2, -0.15) is 0 Å². The van der Waals surface area contributed by atoms with Crippen LogP contribution >= 0.6 is 0 Å². The van der Waals surface area contributed by atoms with Crippen LogP contribution in [-0.2, 0) is 19.3 Å². The first-order valence-corrected chi connectivity index (χ1v) is 6.63. The lowest BCUT2D eigenvalue weighted by Crippen LogP contribution is -2.07. The van der Waals surface area contributed by atoms with Crippen molar-refractivity contribution in [2.24, 2.45) is 0 Å². The van der Waals surface area contributed by atoms with Crippen LogP contribution in [0.3, 0.4) is 0 Å². The highest BCUT2D eigenvalue weighted by atomic mass is 16.5. The van der Waals surface area contributed by atoms with Crippen LogP contribution in [0.15, 0.2) is 30.6 Å². The molecular formula is C15H17N3O. The molecule has 2 N–H and O–H groups in total. The van der Waals surface area contributed by atoms with Crippen LogP contribution in [0.4, 0.5) is 5.69 Å². The molecule has 0 atom stereocenters. The fourth-order valence-electron chi connectivity index (χ4n) is 2.47. The van der Waals surface area contributed by atoms with E-state index in [9.17, 15) is 0 Å². The van der Waals surface area contributed by atoms with Crippen molar-refractivity contribution in [2.45, 2.75) is 25.7 Å². The molecule has 0 saturated heterocycles. The number of ether oxygens (including phenoxy) is 1. The summed E-state index contributed by atoms with van der Waals surface area (Å²) in [4.78, 5) is 8.53. The number of nitrogen functional groups attached to an aromatic ring is 1. The topological polar surface area (TPSA) is 61.0 Å². The van der Waals surface area contributed by atoms with Crippen molar-refractivity contribution in [3.63, 3.8) is 0 Å². The number of nitrogens with two attached hydrogens (primary N) is 1. The van der Waals surface area contributed by atoms with Gasteiger partial charge in [0.15, 0.2) is 0 Å². The normalized spacial score (nSPS) is 13.3. The minimum Gasteiger partial charge on any atom is -0.477 e. The number of hydrogen-bond acceptors (Lipinski definition) is 4. The Morgan fingerprint density at radius 2 is 2.05 bits per heavy atom. The lowest BCUT2D eigenvalue weighted by molar-refractivity contribution is 0.306. The lowest BCUT2D eigenvalue weighted by atomic mass is 10.1. The molecule has 2 aromatic rings. The number of fused-ring (bicyclic) bond motifs is 1. The molecule has 1 aliphatic carbocycles. The lowest BCUT2D eigenvalue weighted by Gasteiger charge is -2.09. The summed E-state index contributed by atoms with van der Waals surface area (Å²) in [6, 6.07) is 7.88. The summed E-state index contributed by atoms with van der Waals surface area (Å²) >= 11 is 0. The molecule has 0 bridgehead atoms. The van der Waals surface area contributed by atoms with Crippen LogP contribution in [0.25, 0.3) is 0 Å². The van der Waals surface area contributed by atoms with Gasteiger partial charge in [-0.25, -0.2) is 9.97 Å². The minimum atomic E-state index is 0.595. The summed E-state index contributed by atoms with van der Waals surface area (Å²) in [6.07, 6.45) is 5.61. The first-order valence-electron chi connectivity index (χ1n) is 6.63. The Bertz CT molecular complexity index is 583. The maximum atomic E-state index is 5.91. The maximum absolute atomic E-state index is 5.91. The Morgan fingerprint density at radius 1 is 1.16 bits per heavy atom. The van der Waals surface area contributed by atoms with Crippen LogP contribution < -0.4 is 10.5 Å². The third kappa shape index (κ3) is 2.52. The van der Waals surface area contributed by atoms with Crippen molar-refractivity contribution >= 4 is 5.69 Å². The van der Waals surface area contributed by atoms with E-state index in [2.05, 4.69) is 9.97 Å². The Labute approximate surface area is 112 Å². The molecule has 1 heterocycles. The minimum absolute atomic E-state index is 0.595. The van der Waals surface area contributed by atoms with E-state index in [0.29, 0.717) is 6.61 Å². The first kappa shape index (κ1) is 12.0. The van der Waals surface area contributed by atoms with Gasteiger partial charge in [-0.05, 0) is 30.9 Å². The molecule has 4 heteroatoms. The second-order valence-corrected chi connectivity index (χ2v) is 4.75. The SMILES string of the molecule is Nc1ccccc1CCOc1ncnc2c1CCC2. The largest absolute Gasteiger partial charge is 0.477 e. The van der Waals surface area contributed by atoms with Gasteiger partial charge in [0.1, 0.15) is 6.33 Å². The molecule has 0 saturated carbocycles. The fraction of sp³-hybridized carbons (Fsp3) is 0.333. The van der Waals surface area contributed by atoms with Crippen LogP contribution in [0, 0.1) is 0 Å². The van der Waals surface area contributed by atoms with E-state index in [1.165, 1.54) is 5.56 Å². The van der Waals surface area contributed by atoms with E-state index >= 15 is 0 Å². The number of benzene rings is 1. The van der Waals surface area contributed by atoms with Crippen molar-refractivity contribution in [2.75, 3.05) is 12.3 Å². The second-order valence-electron chi connectivity index (χ2n) is 4.75. The van der Waals surface area contributed by atoms with E-state index in [0.717, 1.165) is 48.5 Å². The average molecular weight is 255 g/mol. The van der Waals surface area contributed by atoms with Crippen molar-refractivity contribution < 1.29 is 4.74 Å². The number of rotatable bonds is 4. The number of anilines is 1. The number of nitrogens with zero attached hydrogens (tertiary/aromatic N) is 2. The van der Waals surface area contributed by atoms with E-state index < -0.39 is 0 Å². The zero-order chi connectivity index (χ0) is 13.1. The van der Waals surface area contributed by atoms with E-state index in [-0.39, 0.29) is 0 Å². The van der Waals surface area contributed by atoms with E-state index in [4.69, 9.17) is 10.5 Å². The molecule has 0 aliphatic heterocycles. The Morgan fingerprint density at radius 3 is 2.95 bits per heavy atom. The van der Waals surface area contributed by atoms with Crippen LogP contribution in [-0.4, -0.2) is 16.6 Å². The number of aromatic nitrogens is 2. The van der Waals surface area contributed by atoms with Crippen LogP contribution in [0.2, 0.25) is 0 Å². The molecule has 3 rings (SSSR count). The molecular weight excluding hydrogens is 238 g/mol. The molecule has 0 fully saturated rings. The van der Waals surface area contributed by atoms with Gasteiger partial charge in [0.2, 0.25) is 5.88 Å². The fourth-order valence-corrected chi connectivity index (χ4v) is 2.47. The molecule has 0 amide bonds. The zero-order valence-electron chi connectivity index (χ0n) is 10.8. The van der Waals surface area contributed by atoms with Gasteiger partial charge in [0, 0.05) is 17.7 Å². The van der Waals surface area contributed by atoms with Gasteiger partial charge >= 0.3 is 0 Å². The molecule has 0 spiro atoms. The van der Waals surface area contributed by atoms with Crippen molar-refractivity contribution in [1.29, 1.82) is 0 Å². The third-order valence-corrected chi connectivity index (χ3v) is 3.50. The molecule has 0 radical (unpaired) electrons. The smallest absolute Gasteiger partial charge is 0.219 e. The number of para-hydroxylation sites is 1. The predicted octanol–water partition coefficient (Wildman–Crippen LogP) is 2.17. The summed E-state index contributed by atoms with van der Waals surface area (Å²) in [5.74, 6) is 0.747. The molecule has 1 aromatic carbocycles. The Kier molecular flexibility index (Phi) is 3.31. The monoisotopic (exact) mass is 255 g/mol. The van der Waals surface area contributed by atoms with Crippen LogP contribution in [0.5, 0.6) is 5.88 Å². The summed E-state index contributed by atoms with van der Waals surface area (Å²) < 4.78 is 5.80. The van der Waals surface area contributed by atoms with Gasteiger partial charge in [0.25, 0.3) is 0 Å².